The predicted molar refractivity (Wildman–Crippen MR) is 35.8 cm³/mol. The van der Waals surface area contributed by atoms with E-state index in [0.29, 0.717) is 6.04 Å². The maximum atomic E-state index is 8.65. The highest BCUT2D eigenvalue weighted by molar-refractivity contribution is 7.77. The highest BCUT2D eigenvalue weighted by Gasteiger charge is 2.19. The summed E-state index contributed by atoms with van der Waals surface area (Å²) < 4.78 is 1.90. The predicted octanol–water partition coefficient (Wildman–Crippen LogP) is 0.288. The zero-order chi connectivity index (χ0) is 5.98. The van der Waals surface area contributed by atoms with Crippen molar-refractivity contribution in [2.75, 3.05) is 13.2 Å². The SMILES string of the molecule is OC[C@H]1CCCN1S. The molecule has 1 atom stereocenters. The molecule has 8 heavy (non-hydrogen) atoms. The van der Waals surface area contributed by atoms with Crippen molar-refractivity contribution in [3.63, 3.8) is 0 Å². The number of hydrogen-bond acceptors (Lipinski definition) is 3. The number of hydrogen-bond donors (Lipinski definition) is 2. The molecule has 0 spiro atoms. The van der Waals surface area contributed by atoms with Crippen molar-refractivity contribution in [1.29, 1.82) is 0 Å². The third-order valence-corrected chi connectivity index (χ3v) is 2.08. The Morgan fingerprint density at radius 3 is 2.75 bits per heavy atom. The molecule has 1 fully saturated rings. The fourth-order valence-corrected chi connectivity index (χ4v) is 1.34. The quantitative estimate of drug-likeness (QED) is 0.502. The van der Waals surface area contributed by atoms with Crippen LogP contribution in [0.1, 0.15) is 12.8 Å². The second-order valence-corrected chi connectivity index (χ2v) is 2.66. The van der Waals surface area contributed by atoms with Gasteiger partial charge in [0, 0.05) is 12.6 Å². The van der Waals surface area contributed by atoms with Crippen LogP contribution >= 0.6 is 12.8 Å². The molecule has 1 aliphatic rings. The Hall–Kier alpha value is 0.270. The highest BCUT2D eigenvalue weighted by atomic mass is 32.1. The summed E-state index contributed by atoms with van der Waals surface area (Å²) in [5.41, 5.74) is 0. The summed E-state index contributed by atoms with van der Waals surface area (Å²) in [7, 11) is 0. The van der Waals surface area contributed by atoms with Gasteiger partial charge in [0.05, 0.1) is 6.61 Å². The Labute approximate surface area is 55.0 Å². The molecule has 1 aliphatic heterocycles. The van der Waals surface area contributed by atoms with Crippen LogP contribution in [0.25, 0.3) is 0 Å². The Kier molecular flexibility index (Phi) is 2.16. The molecule has 0 aromatic rings. The van der Waals surface area contributed by atoms with E-state index in [1.54, 1.807) is 0 Å². The van der Waals surface area contributed by atoms with Gasteiger partial charge in [-0.15, -0.1) is 0 Å². The molecular weight excluding hydrogens is 122 g/mol. The molecule has 1 heterocycles. The second kappa shape index (κ2) is 2.71. The average molecular weight is 133 g/mol. The van der Waals surface area contributed by atoms with E-state index in [4.69, 9.17) is 5.11 Å². The average Bonchev–Trinajstić information content (AvgIpc) is 2.14. The normalized spacial score (nSPS) is 31.5. The van der Waals surface area contributed by atoms with E-state index in [1.807, 2.05) is 4.31 Å². The zero-order valence-corrected chi connectivity index (χ0v) is 5.64. The fourth-order valence-electron chi connectivity index (χ4n) is 1.01. The van der Waals surface area contributed by atoms with Gasteiger partial charge < -0.3 is 5.11 Å². The van der Waals surface area contributed by atoms with Gasteiger partial charge in [0.1, 0.15) is 0 Å². The molecule has 1 saturated heterocycles. The fraction of sp³-hybridized carbons (Fsp3) is 1.00. The minimum atomic E-state index is 0.253. The Morgan fingerprint density at radius 1 is 1.75 bits per heavy atom. The minimum Gasteiger partial charge on any atom is -0.395 e. The van der Waals surface area contributed by atoms with Gasteiger partial charge in [0.25, 0.3) is 0 Å². The van der Waals surface area contributed by atoms with E-state index >= 15 is 0 Å². The number of aliphatic hydroxyl groups excluding tert-OH is 1. The molecule has 1 rings (SSSR count). The van der Waals surface area contributed by atoms with Crippen LogP contribution < -0.4 is 0 Å². The lowest BCUT2D eigenvalue weighted by Crippen LogP contribution is -2.23. The number of thiol groups is 1. The summed E-state index contributed by atoms with van der Waals surface area (Å²) in [4.78, 5) is 0. The van der Waals surface area contributed by atoms with Crippen LogP contribution in [0.2, 0.25) is 0 Å². The lowest BCUT2D eigenvalue weighted by molar-refractivity contribution is 0.222. The van der Waals surface area contributed by atoms with Gasteiger partial charge in [-0.3, -0.25) is 0 Å². The Bertz CT molecular complexity index is 78.8. The molecule has 3 heteroatoms. The molecule has 2 nitrogen and oxygen atoms in total. The summed E-state index contributed by atoms with van der Waals surface area (Å²) >= 11 is 4.14. The molecule has 1 N–H and O–H groups in total. The topological polar surface area (TPSA) is 23.5 Å². The molecule has 0 aromatic carbocycles. The van der Waals surface area contributed by atoms with E-state index in [2.05, 4.69) is 12.8 Å². The van der Waals surface area contributed by atoms with Gasteiger partial charge in [-0.05, 0) is 12.8 Å². The van der Waals surface area contributed by atoms with Crippen LogP contribution in [-0.2, 0) is 0 Å². The van der Waals surface area contributed by atoms with Crippen molar-refractivity contribution in [3.05, 3.63) is 0 Å². The van der Waals surface area contributed by atoms with Crippen LogP contribution in [0.5, 0.6) is 0 Å². The van der Waals surface area contributed by atoms with Gasteiger partial charge >= 0.3 is 0 Å². The lowest BCUT2D eigenvalue weighted by atomic mass is 10.2. The minimum absolute atomic E-state index is 0.253. The van der Waals surface area contributed by atoms with E-state index in [0.717, 1.165) is 13.0 Å². The third-order valence-electron chi connectivity index (χ3n) is 1.56. The lowest BCUT2D eigenvalue weighted by Gasteiger charge is -2.13. The maximum Gasteiger partial charge on any atom is 0.0596 e. The van der Waals surface area contributed by atoms with E-state index in [-0.39, 0.29) is 6.61 Å². The van der Waals surface area contributed by atoms with Crippen molar-refractivity contribution < 1.29 is 5.11 Å². The maximum absolute atomic E-state index is 8.65. The van der Waals surface area contributed by atoms with Gasteiger partial charge in [-0.2, -0.15) is 0 Å². The second-order valence-electron chi connectivity index (χ2n) is 2.14. The van der Waals surface area contributed by atoms with Crippen LogP contribution in [-0.4, -0.2) is 28.6 Å². The van der Waals surface area contributed by atoms with Crippen molar-refractivity contribution in [2.24, 2.45) is 0 Å². The summed E-state index contributed by atoms with van der Waals surface area (Å²) in [6.07, 6.45) is 2.27. The summed E-state index contributed by atoms with van der Waals surface area (Å²) in [6.45, 7) is 1.28. The zero-order valence-electron chi connectivity index (χ0n) is 4.75. The monoisotopic (exact) mass is 133 g/mol. The number of rotatable bonds is 1. The van der Waals surface area contributed by atoms with Gasteiger partial charge in [-0.25, -0.2) is 4.31 Å². The number of aliphatic hydroxyl groups is 1. The number of nitrogens with zero attached hydrogens (tertiary/aromatic N) is 1. The Morgan fingerprint density at radius 2 is 2.50 bits per heavy atom. The Balaban J connectivity index is 2.30. The van der Waals surface area contributed by atoms with Crippen molar-refractivity contribution in [3.8, 4) is 0 Å². The van der Waals surface area contributed by atoms with E-state index in [1.165, 1.54) is 6.42 Å². The van der Waals surface area contributed by atoms with Crippen molar-refractivity contribution >= 4 is 12.8 Å². The van der Waals surface area contributed by atoms with Crippen molar-refractivity contribution in [1.82, 2.24) is 4.31 Å². The van der Waals surface area contributed by atoms with Crippen molar-refractivity contribution in [2.45, 2.75) is 18.9 Å². The van der Waals surface area contributed by atoms with Crippen LogP contribution in [0.4, 0.5) is 0 Å². The highest BCUT2D eigenvalue weighted by Crippen LogP contribution is 2.17. The van der Waals surface area contributed by atoms with E-state index < -0.39 is 0 Å². The molecule has 0 saturated carbocycles. The summed E-state index contributed by atoms with van der Waals surface area (Å²) in [5, 5.41) is 8.65. The molecule has 0 radical (unpaired) electrons. The summed E-state index contributed by atoms with van der Waals surface area (Å²) in [5.74, 6) is 0. The summed E-state index contributed by atoms with van der Waals surface area (Å²) in [6, 6.07) is 0.318. The molecule has 0 amide bonds. The first-order chi connectivity index (χ1) is 3.84. The standard InChI is InChI=1S/C5H11NOS/c7-4-5-2-1-3-6(5)8/h5,7-8H,1-4H2/t5-/m1/s1. The largest absolute Gasteiger partial charge is 0.395 e. The third kappa shape index (κ3) is 1.16. The van der Waals surface area contributed by atoms with Gasteiger partial charge in [0.15, 0.2) is 0 Å². The first kappa shape index (κ1) is 6.39. The molecule has 0 aromatic heterocycles. The molecule has 0 aliphatic carbocycles. The molecule has 0 bridgehead atoms. The van der Waals surface area contributed by atoms with Crippen LogP contribution in [0, 0.1) is 0 Å². The molecule has 0 unspecified atom stereocenters. The first-order valence-electron chi connectivity index (χ1n) is 2.91. The molecular formula is C5H11NOS. The van der Waals surface area contributed by atoms with Gasteiger partial charge in [-0.1, -0.05) is 12.8 Å². The smallest absolute Gasteiger partial charge is 0.0596 e. The van der Waals surface area contributed by atoms with E-state index in [9.17, 15) is 0 Å². The molecule has 48 valence electrons. The van der Waals surface area contributed by atoms with Gasteiger partial charge in [0.2, 0.25) is 0 Å². The van der Waals surface area contributed by atoms with Crippen LogP contribution in [0.3, 0.4) is 0 Å². The first-order valence-corrected chi connectivity index (χ1v) is 3.31. The van der Waals surface area contributed by atoms with Crippen LogP contribution in [0.15, 0.2) is 0 Å².